The monoisotopic (exact) mass is 428 g/mol. The molecule has 164 valence electrons. The van der Waals surface area contributed by atoms with Gasteiger partial charge in [0.1, 0.15) is 5.75 Å². The molecule has 2 atom stereocenters. The summed E-state index contributed by atoms with van der Waals surface area (Å²) in [5.74, 6) is 2.83. The van der Waals surface area contributed by atoms with Crippen molar-refractivity contribution in [2.45, 2.75) is 38.5 Å². The van der Waals surface area contributed by atoms with Gasteiger partial charge in [0.05, 0.1) is 26.0 Å². The first-order valence-corrected chi connectivity index (χ1v) is 11.0. The summed E-state index contributed by atoms with van der Waals surface area (Å²) in [5, 5.41) is 7.16. The van der Waals surface area contributed by atoms with E-state index in [0.717, 1.165) is 29.0 Å². The van der Waals surface area contributed by atoms with E-state index in [1.54, 1.807) is 14.2 Å². The van der Waals surface area contributed by atoms with Gasteiger partial charge in [-0.05, 0) is 35.7 Å². The highest BCUT2D eigenvalue weighted by molar-refractivity contribution is 6.02. The Balaban J connectivity index is 1.55. The van der Waals surface area contributed by atoms with Crippen LogP contribution in [0.5, 0.6) is 17.2 Å². The maximum Gasteiger partial charge on any atom is 0.213 e. The summed E-state index contributed by atoms with van der Waals surface area (Å²) in [6.45, 7) is 4.41. The number of hydrogen-bond acceptors (Lipinski definition) is 5. The first kappa shape index (κ1) is 20.4. The minimum Gasteiger partial charge on any atom is -0.493 e. The van der Waals surface area contributed by atoms with E-state index in [0.29, 0.717) is 17.4 Å². The number of hydrazone groups is 1. The van der Waals surface area contributed by atoms with Gasteiger partial charge in [-0.3, -0.25) is 0 Å². The number of para-hydroxylation sites is 1. The fourth-order valence-corrected chi connectivity index (χ4v) is 4.49. The van der Waals surface area contributed by atoms with Crippen LogP contribution in [0.1, 0.15) is 60.7 Å². The van der Waals surface area contributed by atoms with Gasteiger partial charge < -0.3 is 14.2 Å². The minimum absolute atomic E-state index is 0.123. The Kier molecular flexibility index (Phi) is 5.25. The summed E-state index contributed by atoms with van der Waals surface area (Å²) in [6.07, 6.45) is 0.532. The van der Waals surface area contributed by atoms with Crippen LogP contribution in [-0.2, 0) is 0 Å². The molecule has 2 heterocycles. The maximum atomic E-state index is 6.47. The van der Waals surface area contributed by atoms with Crippen molar-refractivity contribution in [3.63, 3.8) is 0 Å². The van der Waals surface area contributed by atoms with Crippen LogP contribution in [0.2, 0.25) is 0 Å². The Labute approximate surface area is 189 Å². The average molecular weight is 429 g/mol. The van der Waals surface area contributed by atoms with Crippen LogP contribution in [0.15, 0.2) is 71.8 Å². The molecule has 0 aliphatic carbocycles. The van der Waals surface area contributed by atoms with Gasteiger partial charge in [-0.25, -0.2) is 5.01 Å². The van der Waals surface area contributed by atoms with E-state index in [-0.39, 0.29) is 12.3 Å². The fraction of sp³-hybridized carbons (Fsp3) is 0.296. The lowest BCUT2D eigenvalue weighted by Gasteiger charge is -2.38. The number of nitrogens with zero attached hydrogens (tertiary/aromatic N) is 2. The topological polar surface area (TPSA) is 43.3 Å². The molecule has 0 saturated heterocycles. The van der Waals surface area contributed by atoms with Crippen molar-refractivity contribution in [2.24, 2.45) is 5.10 Å². The molecule has 0 saturated carbocycles. The number of rotatable bonds is 5. The molecular weight excluding hydrogens is 400 g/mol. The molecule has 2 aliphatic heterocycles. The van der Waals surface area contributed by atoms with Gasteiger partial charge in [0.25, 0.3) is 0 Å². The van der Waals surface area contributed by atoms with Crippen LogP contribution >= 0.6 is 0 Å². The molecule has 0 radical (unpaired) electrons. The Bertz CT molecular complexity index is 1150. The smallest absolute Gasteiger partial charge is 0.213 e. The van der Waals surface area contributed by atoms with Crippen LogP contribution in [0.4, 0.5) is 0 Å². The molecule has 0 bridgehead atoms. The average Bonchev–Trinajstić information content (AvgIpc) is 3.29. The highest BCUT2D eigenvalue weighted by atomic mass is 16.5. The molecule has 32 heavy (non-hydrogen) atoms. The van der Waals surface area contributed by atoms with Gasteiger partial charge in [0.15, 0.2) is 11.5 Å². The second-order valence-corrected chi connectivity index (χ2v) is 8.55. The van der Waals surface area contributed by atoms with E-state index in [9.17, 15) is 0 Å². The maximum absolute atomic E-state index is 6.47. The first-order valence-electron chi connectivity index (χ1n) is 11.0. The molecule has 5 nitrogen and oxygen atoms in total. The molecular formula is C27H28N2O3. The molecule has 5 heteroatoms. The van der Waals surface area contributed by atoms with Crippen molar-refractivity contribution in [3.8, 4) is 17.2 Å². The Morgan fingerprint density at radius 3 is 2.41 bits per heavy atom. The third-order valence-electron chi connectivity index (χ3n) is 6.30. The molecule has 3 aromatic rings. The number of hydrogen-bond donors (Lipinski definition) is 0. The van der Waals surface area contributed by atoms with E-state index in [2.05, 4.69) is 61.3 Å². The second kappa shape index (κ2) is 8.23. The second-order valence-electron chi connectivity index (χ2n) is 8.55. The van der Waals surface area contributed by atoms with Gasteiger partial charge >= 0.3 is 0 Å². The van der Waals surface area contributed by atoms with Crippen LogP contribution in [-0.4, -0.2) is 24.9 Å². The molecule has 3 aromatic carbocycles. The van der Waals surface area contributed by atoms with Gasteiger partial charge in [0.2, 0.25) is 6.23 Å². The zero-order chi connectivity index (χ0) is 22.2. The van der Waals surface area contributed by atoms with E-state index in [1.165, 1.54) is 11.1 Å². The zero-order valence-electron chi connectivity index (χ0n) is 18.9. The van der Waals surface area contributed by atoms with Gasteiger partial charge in [-0.2, -0.15) is 5.10 Å². The molecule has 0 unspecified atom stereocenters. The first-order chi connectivity index (χ1) is 15.6. The van der Waals surface area contributed by atoms with Crippen LogP contribution in [0.25, 0.3) is 0 Å². The van der Waals surface area contributed by atoms with Crippen molar-refractivity contribution in [2.75, 3.05) is 14.2 Å². The van der Waals surface area contributed by atoms with E-state index in [4.69, 9.17) is 19.3 Å². The largest absolute Gasteiger partial charge is 0.493 e. The van der Waals surface area contributed by atoms with Gasteiger partial charge in [-0.1, -0.05) is 56.3 Å². The lowest BCUT2D eigenvalue weighted by molar-refractivity contribution is -0.0190. The summed E-state index contributed by atoms with van der Waals surface area (Å²) in [6, 6.07) is 23.1. The minimum atomic E-state index is -0.270. The van der Waals surface area contributed by atoms with E-state index < -0.39 is 0 Å². The third-order valence-corrected chi connectivity index (χ3v) is 6.30. The molecule has 5 rings (SSSR count). The summed E-state index contributed by atoms with van der Waals surface area (Å²) < 4.78 is 17.4. The predicted molar refractivity (Wildman–Crippen MR) is 126 cm³/mol. The summed E-state index contributed by atoms with van der Waals surface area (Å²) in [7, 11) is 3.30. The lowest BCUT2D eigenvalue weighted by atomic mass is 9.95. The normalized spacial score (nSPS) is 19.2. The van der Waals surface area contributed by atoms with Gasteiger partial charge in [-0.15, -0.1) is 0 Å². The summed E-state index contributed by atoms with van der Waals surface area (Å²) in [5.41, 5.74) is 5.63. The number of methoxy groups -OCH3 is 2. The zero-order valence-corrected chi connectivity index (χ0v) is 18.9. The third kappa shape index (κ3) is 3.48. The molecule has 0 spiro atoms. The molecule has 0 fully saturated rings. The summed E-state index contributed by atoms with van der Waals surface area (Å²) in [4.78, 5) is 0. The lowest BCUT2D eigenvalue weighted by Crippen LogP contribution is -2.33. The van der Waals surface area contributed by atoms with Crippen molar-refractivity contribution < 1.29 is 14.2 Å². The predicted octanol–water partition coefficient (Wildman–Crippen LogP) is 6.07. The quantitative estimate of drug-likeness (QED) is 0.495. The Morgan fingerprint density at radius 1 is 0.938 bits per heavy atom. The van der Waals surface area contributed by atoms with Crippen molar-refractivity contribution in [1.82, 2.24) is 5.01 Å². The standard InChI is InChI=1S/C27H28N2O3/c1-17(2)18-9-11-19(12-10-18)27-29-23(21-7-5-6-8-24(21)32-27)16-22(28-29)20-13-14-25(30-3)26(15-20)31-4/h5-15,17,23,27H,16H2,1-4H3/t23-,27+/m0/s1. The molecule has 0 amide bonds. The molecule has 0 N–H and O–H groups in total. The highest BCUT2D eigenvalue weighted by Gasteiger charge is 2.40. The Morgan fingerprint density at radius 2 is 1.69 bits per heavy atom. The molecule has 2 aliphatic rings. The van der Waals surface area contributed by atoms with E-state index >= 15 is 0 Å². The number of fused-ring (bicyclic) bond motifs is 3. The van der Waals surface area contributed by atoms with Crippen LogP contribution in [0.3, 0.4) is 0 Å². The molecule has 0 aromatic heterocycles. The number of ether oxygens (including phenoxy) is 3. The summed E-state index contributed by atoms with van der Waals surface area (Å²) >= 11 is 0. The van der Waals surface area contributed by atoms with Crippen molar-refractivity contribution in [1.29, 1.82) is 0 Å². The van der Waals surface area contributed by atoms with Crippen molar-refractivity contribution in [3.05, 3.63) is 89.0 Å². The van der Waals surface area contributed by atoms with Gasteiger partial charge in [0, 0.05) is 23.1 Å². The number of benzene rings is 3. The SMILES string of the molecule is COc1ccc(C2=NN3[C@@H](c4ccc(C(C)C)cc4)Oc4ccccc4[C@@H]3C2)cc1OC. The Hall–Kier alpha value is -3.47. The van der Waals surface area contributed by atoms with Crippen LogP contribution in [0, 0.1) is 0 Å². The van der Waals surface area contributed by atoms with E-state index in [1.807, 2.05) is 24.3 Å². The van der Waals surface area contributed by atoms with Crippen molar-refractivity contribution >= 4 is 5.71 Å². The van der Waals surface area contributed by atoms with Crippen LogP contribution < -0.4 is 14.2 Å². The highest BCUT2D eigenvalue weighted by Crippen LogP contribution is 2.47. The fourth-order valence-electron chi connectivity index (χ4n) is 4.49.